The highest BCUT2D eigenvalue weighted by molar-refractivity contribution is 7.13. The molecular formula is C30H51N5O10SSi. The summed E-state index contributed by atoms with van der Waals surface area (Å²) in [6.07, 6.45) is 1.86. The summed E-state index contributed by atoms with van der Waals surface area (Å²) in [7, 11) is 0.422. The summed E-state index contributed by atoms with van der Waals surface area (Å²) in [5.41, 5.74) is 0.134. The smallest absolute Gasteiger partial charge is 0.407 e. The van der Waals surface area contributed by atoms with Crippen molar-refractivity contribution in [3.63, 3.8) is 0 Å². The maximum absolute atomic E-state index is 13.4. The second kappa shape index (κ2) is 18.9. The topological polar surface area (TPSA) is 184 Å². The lowest BCUT2D eigenvalue weighted by Crippen LogP contribution is -2.56. The fraction of sp³-hybridized carbons (Fsp3) is 0.733. The fourth-order valence-corrected chi connectivity index (χ4v) is 6.04. The molecule has 1 aromatic rings. The summed E-state index contributed by atoms with van der Waals surface area (Å²) < 4.78 is 26.2. The minimum atomic E-state index is -2.34. The van der Waals surface area contributed by atoms with Gasteiger partial charge in [0.1, 0.15) is 18.3 Å². The van der Waals surface area contributed by atoms with Gasteiger partial charge in [-0.25, -0.2) is 14.6 Å². The van der Waals surface area contributed by atoms with Crippen LogP contribution in [0.15, 0.2) is 5.38 Å². The average Bonchev–Trinajstić information content (AvgIpc) is 3.52. The number of piperidine rings is 1. The Morgan fingerprint density at radius 2 is 1.72 bits per heavy atom. The number of nitrogens with one attached hydrogen (secondary N) is 3. The molecule has 47 heavy (non-hydrogen) atoms. The lowest BCUT2D eigenvalue weighted by Gasteiger charge is -2.37. The minimum Gasteiger partial charge on any atom is -0.467 e. The number of anilines is 1. The number of carbonyl (C=O) groups excluding carboxylic acids is 5. The second-order valence-corrected chi connectivity index (χ2v) is 18.4. The normalized spacial score (nSPS) is 15.3. The molecule has 0 bridgehead atoms. The van der Waals surface area contributed by atoms with Gasteiger partial charge in [-0.15, -0.1) is 11.3 Å². The molecule has 0 aliphatic carbocycles. The van der Waals surface area contributed by atoms with Crippen LogP contribution in [0.3, 0.4) is 0 Å². The molecule has 3 amide bonds. The molecular weight excluding hydrogens is 651 g/mol. The summed E-state index contributed by atoms with van der Waals surface area (Å²) in [5.74, 6) is -2.51. The van der Waals surface area contributed by atoms with E-state index < -0.39 is 56.9 Å². The maximum Gasteiger partial charge on any atom is 0.407 e. The molecule has 0 aromatic carbocycles. The number of rotatable bonds is 17. The highest BCUT2D eigenvalue weighted by Gasteiger charge is 2.39. The predicted octanol–water partition coefficient (Wildman–Crippen LogP) is 2.46. The Bertz CT molecular complexity index is 1200. The summed E-state index contributed by atoms with van der Waals surface area (Å²) >= 11 is 1.31. The van der Waals surface area contributed by atoms with E-state index in [0.29, 0.717) is 44.4 Å². The first kappa shape index (κ1) is 39.9. The number of ether oxygens (including phenoxy) is 4. The molecule has 0 saturated carbocycles. The number of hydrogen-bond donors (Lipinski definition) is 3. The van der Waals surface area contributed by atoms with E-state index in [1.165, 1.54) is 18.3 Å². The zero-order chi connectivity index (χ0) is 35.2. The molecule has 2 atom stereocenters. The maximum atomic E-state index is 13.4. The van der Waals surface area contributed by atoms with E-state index in [0.717, 1.165) is 20.0 Å². The third-order valence-electron chi connectivity index (χ3n) is 8.15. The molecule has 1 saturated heterocycles. The van der Waals surface area contributed by atoms with Crippen LogP contribution in [0.5, 0.6) is 0 Å². The number of amides is 3. The zero-order valence-electron chi connectivity index (χ0n) is 28.8. The Balaban J connectivity index is 2.04. The van der Waals surface area contributed by atoms with Crippen LogP contribution in [0.1, 0.15) is 57.4 Å². The van der Waals surface area contributed by atoms with E-state index in [1.807, 2.05) is 13.1 Å². The number of carbonyl (C=O) groups is 5. The standard InChI is InChI=1S/C30H51N5O10SSi/c1-20(36)43-17-23(27(39)42-6)33-25(37)22(18-45-47(7,8)30(2,3)4)32-26(38)24-19-46-28(34-24)35-13-10-21(11-14-35)16-44-29(40)31-12-9-15-41-5/h19,21-23H,9-18H2,1-8H3,(H,31,40)(H,32,38)(H,33,37). The van der Waals surface area contributed by atoms with Crippen molar-refractivity contribution in [2.45, 2.75) is 77.2 Å². The summed E-state index contributed by atoms with van der Waals surface area (Å²) in [5, 5.41) is 10.0. The largest absolute Gasteiger partial charge is 0.467 e. The Labute approximate surface area is 281 Å². The van der Waals surface area contributed by atoms with Crippen molar-refractivity contribution >= 4 is 54.6 Å². The molecule has 17 heteroatoms. The van der Waals surface area contributed by atoms with Gasteiger partial charge in [0.05, 0.1) is 20.3 Å². The Morgan fingerprint density at radius 3 is 2.32 bits per heavy atom. The molecule has 0 spiro atoms. The van der Waals surface area contributed by atoms with Crippen LogP contribution in [-0.4, -0.2) is 116 Å². The predicted molar refractivity (Wildman–Crippen MR) is 178 cm³/mol. The van der Waals surface area contributed by atoms with Crippen LogP contribution >= 0.6 is 11.3 Å². The molecule has 1 aliphatic heterocycles. The van der Waals surface area contributed by atoms with Crippen LogP contribution in [0.2, 0.25) is 18.1 Å². The van der Waals surface area contributed by atoms with E-state index in [1.54, 1.807) is 12.5 Å². The van der Waals surface area contributed by atoms with Crippen LogP contribution in [0.25, 0.3) is 0 Å². The van der Waals surface area contributed by atoms with E-state index in [2.05, 4.69) is 46.6 Å². The van der Waals surface area contributed by atoms with Gasteiger partial charge < -0.3 is 44.2 Å². The van der Waals surface area contributed by atoms with Crippen LogP contribution in [-0.2, 0) is 37.8 Å². The fourth-order valence-electron chi connectivity index (χ4n) is 4.16. The number of aromatic nitrogens is 1. The summed E-state index contributed by atoms with van der Waals surface area (Å²) in [6.45, 7) is 13.5. The molecule has 1 aliphatic rings. The number of nitrogens with zero attached hydrogens (tertiary/aromatic N) is 2. The van der Waals surface area contributed by atoms with Gasteiger partial charge in [-0.2, -0.15) is 0 Å². The van der Waals surface area contributed by atoms with Gasteiger partial charge in [-0.3, -0.25) is 14.4 Å². The van der Waals surface area contributed by atoms with Gasteiger partial charge in [0.15, 0.2) is 19.5 Å². The number of methoxy groups -OCH3 is 2. The van der Waals surface area contributed by atoms with E-state index >= 15 is 0 Å². The lowest BCUT2D eigenvalue weighted by atomic mass is 9.98. The third-order valence-corrected chi connectivity index (χ3v) is 13.6. The third kappa shape index (κ3) is 13.4. The molecule has 2 rings (SSSR count). The number of thiazole rings is 1. The highest BCUT2D eigenvalue weighted by Crippen LogP contribution is 2.36. The number of alkyl carbamates (subject to hydrolysis) is 1. The molecule has 266 valence electrons. The molecule has 2 heterocycles. The van der Waals surface area contributed by atoms with Crippen LogP contribution in [0, 0.1) is 5.92 Å². The van der Waals surface area contributed by atoms with Crippen molar-refractivity contribution in [1.29, 1.82) is 0 Å². The number of esters is 2. The van der Waals surface area contributed by atoms with Crippen LogP contribution < -0.4 is 20.9 Å². The second-order valence-electron chi connectivity index (χ2n) is 12.8. The number of hydrogen-bond acceptors (Lipinski definition) is 13. The van der Waals surface area contributed by atoms with E-state index in [9.17, 15) is 24.0 Å². The molecule has 2 unspecified atom stereocenters. The Hall–Kier alpha value is -3.28. The molecule has 1 aromatic heterocycles. The lowest BCUT2D eigenvalue weighted by molar-refractivity contribution is -0.151. The van der Waals surface area contributed by atoms with Crippen molar-refractivity contribution in [2.75, 3.05) is 65.2 Å². The quantitative estimate of drug-likeness (QED) is 0.0935. The first-order valence-electron chi connectivity index (χ1n) is 15.6. The first-order valence-corrected chi connectivity index (χ1v) is 19.4. The van der Waals surface area contributed by atoms with E-state index in [-0.39, 0.29) is 23.3 Å². The van der Waals surface area contributed by atoms with Gasteiger partial charge in [-0.1, -0.05) is 20.8 Å². The van der Waals surface area contributed by atoms with Gasteiger partial charge >= 0.3 is 18.0 Å². The van der Waals surface area contributed by atoms with Crippen molar-refractivity contribution in [3.8, 4) is 0 Å². The summed E-state index contributed by atoms with van der Waals surface area (Å²) in [4.78, 5) is 68.9. The average molecular weight is 702 g/mol. The van der Waals surface area contributed by atoms with Crippen LogP contribution in [0.4, 0.5) is 9.93 Å². The Morgan fingerprint density at radius 1 is 1.04 bits per heavy atom. The first-order chi connectivity index (χ1) is 22.1. The zero-order valence-corrected chi connectivity index (χ0v) is 30.6. The Kier molecular flexibility index (Phi) is 16.0. The summed E-state index contributed by atoms with van der Waals surface area (Å²) in [6, 6.07) is -2.46. The van der Waals surface area contributed by atoms with Gasteiger partial charge in [0.2, 0.25) is 5.91 Å². The highest BCUT2D eigenvalue weighted by atomic mass is 32.1. The van der Waals surface area contributed by atoms with E-state index in [4.69, 9.17) is 23.4 Å². The SMILES string of the molecule is COCCCNC(=O)OCC1CCN(c2nc(C(=O)NC(CO[Si](C)(C)C(C)(C)C)C(=O)NC(COC(C)=O)C(=O)OC)cs2)CC1. The molecule has 3 N–H and O–H groups in total. The molecule has 1 fully saturated rings. The van der Waals surface area contributed by atoms with Crippen molar-refractivity contribution in [3.05, 3.63) is 11.1 Å². The van der Waals surface area contributed by atoms with Gasteiger partial charge in [0.25, 0.3) is 5.91 Å². The molecule has 15 nitrogen and oxygen atoms in total. The van der Waals surface area contributed by atoms with Crippen molar-refractivity contribution in [1.82, 2.24) is 20.9 Å². The van der Waals surface area contributed by atoms with Crippen molar-refractivity contribution in [2.24, 2.45) is 5.92 Å². The monoisotopic (exact) mass is 701 g/mol. The van der Waals surface area contributed by atoms with Crippen molar-refractivity contribution < 1.29 is 47.3 Å². The molecule has 0 radical (unpaired) electrons. The van der Waals surface area contributed by atoms with Gasteiger partial charge in [0, 0.05) is 45.7 Å². The van der Waals surface area contributed by atoms with Gasteiger partial charge in [-0.05, 0) is 43.3 Å². The minimum absolute atomic E-state index is 0.134.